The van der Waals surface area contributed by atoms with E-state index in [0.717, 1.165) is 62.3 Å². The molecule has 0 aromatic heterocycles. The van der Waals surface area contributed by atoms with E-state index in [-0.39, 0.29) is 0 Å². The fraction of sp³-hybridized carbons (Fsp3) is 0.0222. The van der Waals surface area contributed by atoms with Gasteiger partial charge in [0.2, 0.25) is 0 Å². The Bertz CT molecular complexity index is 5270. The first-order valence-corrected chi connectivity index (χ1v) is 32.4. The molecule has 0 radical (unpaired) electrons. The molecular weight excluding hydrogens is 1140 g/mol. The third kappa shape index (κ3) is 9.45. The largest absolute Gasteiger partial charge is 0.317 e. The fourth-order valence-electron chi connectivity index (χ4n) is 15.1. The monoisotopic (exact) mass is 1200 g/mol. The van der Waals surface area contributed by atoms with Crippen molar-refractivity contribution in [1.29, 1.82) is 0 Å². The lowest BCUT2D eigenvalue weighted by Crippen LogP contribution is -2.31. The molecule has 0 aliphatic heterocycles. The third-order valence-corrected chi connectivity index (χ3v) is 19.2. The van der Waals surface area contributed by atoms with Crippen molar-refractivity contribution in [2.45, 2.75) is 11.8 Å². The van der Waals surface area contributed by atoms with E-state index in [2.05, 4.69) is 378 Å². The Labute approximate surface area is 549 Å². The summed E-state index contributed by atoms with van der Waals surface area (Å²) in [5.74, 6) is 0. The Balaban J connectivity index is 0.974. The van der Waals surface area contributed by atoms with Crippen LogP contribution in [0.3, 0.4) is 0 Å². The molecule has 4 heteroatoms. The number of para-hydroxylation sites is 3. The average molecular weight is 1200 g/mol. The van der Waals surface area contributed by atoms with Crippen LogP contribution >= 0.6 is 0 Å². The number of fused-ring (bicyclic) bond motifs is 13. The molecule has 14 aromatic carbocycles. The highest BCUT2D eigenvalue weighted by atomic mass is 15.2. The highest BCUT2D eigenvalue weighted by Gasteiger charge is 2.49. The lowest BCUT2D eigenvalue weighted by atomic mass is 9.64. The van der Waals surface area contributed by atoms with Crippen LogP contribution in [0.1, 0.15) is 28.7 Å². The van der Waals surface area contributed by atoms with Gasteiger partial charge in [0, 0.05) is 74.0 Å². The maximum absolute atomic E-state index is 4.02. The maximum atomic E-state index is 4.02. The van der Waals surface area contributed by atoms with Crippen molar-refractivity contribution < 1.29 is 0 Å². The predicted octanol–water partition coefficient (Wildman–Crippen LogP) is 24.4. The molecule has 3 aliphatic rings. The molecule has 94 heavy (non-hydrogen) atoms. The minimum atomic E-state index is -0.882. The van der Waals surface area contributed by atoms with Crippen molar-refractivity contribution in [1.82, 2.24) is 0 Å². The summed E-state index contributed by atoms with van der Waals surface area (Å²) in [4.78, 5) is 9.80. The number of allylic oxidation sites excluding steroid dienone is 9. The zero-order valence-electron chi connectivity index (χ0n) is 51.8. The fourth-order valence-corrected chi connectivity index (χ4v) is 15.1. The SMILES string of the molecule is C=C/C=C\C=C/N(c1ccc2c(c1)C1(C=C3CC(N(c4ccccc4)c4cccc5ccccc45)=CC=C32)c2cc(N(c3ccccc3)c3cccc4ccccc34)ccc2-c2ccc(N(c3ccccc3)c3cccc4ccccc34)cc21)c1cccc2ccccc12. The number of anilines is 10. The van der Waals surface area contributed by atoms with E-state index < -0.39 is 5.41 Å². The summed E-state index contributed by atoms with van der Waals surface area (Å²) >= 11 is 0. The first-order chi connectivity index (χ1) is 46.6. The van der Waals surface area contributed by atoms with Crippen molar-refractivity contribution in [3.8, 4) is 11.1 Å². The van der Waals surface area contributed by atoms with Crippen molar-refractivity contribution in [2.24, 2.45) is 0 Å². The Hall–Kier alpha value is -12.2. The van der Waals surface area contributed by atoms with Crippen LogP contribution < -0.4 is 19.6 Å². The third-order valence-electron chi connectivity index (χ3n) is 19.2. The second kappa shape index (κ2) is 23.5. The number of hydrogen-bond acceptors (Lipinski definition) is 4. The summed E-state index contributed by atoms with van der Waals surface area (Å²) in [6.45, 7) is 4.02. The van der Waals surface area contributed by atoms with Crippen LogP contribution in [0.25, 0.3) is 59.8 Å². The van der Waals surface area contributed by atoms with Crippen LogP contribution in [0.15, 0.2) is 382 Å². The Morgan fingerprint density at radius 1 is 0.309 bits per heavy atom. The summed E-state index contributed by atoms with van der Waals surface area (Å²) in [6.07, 6.45) is 18.3. The zero-order chi connectivity index (χ0) is 62.5. The summed E-state index contributed by atoms with van der Waals surface area (Å²) in [5, 5.41) is 9.45. The molecular formula is C90H64N4. The minimum Gasteiger partial charge on any atom is -0.317 e. The van der Waals surface area contributed by atoms with E-state index in [1.807, 2.05) is 12.2 Å². The first kappa shape index (κ1) is 55.8. The smallest absolute Gasteiger partial charge is 0.0658 e. The number of rotatable bonds is 14. The molecule has 1 spiro atoms. The molecule has 14 aromatic rings. The predicted molar refractivity (Wildman–Crippen MR) is 398 cm³/mol. The second-order valence-corrected chi connectivity index (χ2v) is 24.4. The standard InChI is InChI=1S/C90H64N4/c1-2-3-4-22-57-91(86-45-23-31-63-27-14-18-41-76(63)86)71-49-54-80-75-53-50-72(92(68-35-8-5-9-36-68)87-46-24-32-64-28-15-19-42-77(64)87)58-67(75)62-90(83(80)59-71)84-60-73(93(69-37-10-6-11-38-69)88-47-25-33-65-29-16-20-43-78(65)88)51-55-81(84)82-56-52-74(61-85(82)90)94(70-39-12-7-13-40-70)89-48-26-34-66-30-17-21-44-79(66)89/h2-57,59-62H,1,58H2/b4-3-,57-22-. The van der Waals surface area contributed by atoms with Crippen LogP contribution in [0.4, 0.5) is 56.9 Å². The van der Waals surface area contributed by atoms with Gasteiger partial charge in [-0.15, -0.1) is 0 Å². The molecule has 17 rings (SSSR count). The topological polar surface area (TPSA) is 13.0 Å². The van der Waals surface area contributed by atoms with Gasteiger partial charge < -0.3 is 19.6 Å². The van der Waals surface area contributed by atoms with E-state index >= 15 is 0 Å². The van der Waals surface area contributed by atoms with E-state index in [4.69, 9.17) is 0 Å². The van der Waals surface area contributed by atoms with Gasteiger partial charge in [-0.3, -0.25) is 0 Å². The molecule has 0 amide bonds. The minimum absolute atomic E-state index is 0.662. The molecule has 0 bridgehead atoms. The summed E-state index contributed by atoms with van der Waals surface area (Å²) < 4.78 is 0. The molecule has 0 saturated heterocycles. The van der Waals surface area contributed by atoms with Crippen molar-refractivity contribution in [2.75, 3.05) is 19.6 Å². The molecule has 0 heterocycles. The van der Waals surface area contributed by atoms with E-state index in [1.165, 1.54) is 87.9 Å². The van der Waals surface area contributed by atoms with Gasteiger partial charge in [0.15, 0.2) is 0 Å². The van der Waals surface area contributed by atoms with Gasteiger partial charge in [-0.25, -0.2) is 0 Å². The normalized spacial score (nSPS) is 13.5. The molecule has 0 unspecified atom stereocenters. The van der Waals surface area contributed by atoms with Crippen LogP contribution in [-0.2, 0) is 5.41 Å². The quantitative estimate of drug-likeness (QED) is 0.101. The van der Waals surface area contributed by atoms with Gasteiger partial charge in [0.1, 0.15) is 0 Å². The summed E-state index contributed by atoms with van der Waals surface area (Å²) in [7, 11) is 0. The van der Waals surface area contributed by atoms with Crippen molar-refractivity contribution >= 4 is 106 Å². The van der Waals surface area contributed by atoms with E-state index in [0.29, 0.717) is 6.42 Å². The lowest BCUT2D eigenvalue weighted by Gasteiger charge is -2.41. The summed E-state index contributed by atoms with van der Waals surface area (Å²) in [5.41, 5.74) is 20.9. The van der Waals surface area contributed by atoms with Gasteiger partial charge in [-0.1, -0.05) is 255 Å². The van der Waals surface area contributed by atoms with Crippen LogP contribution in [-0.4, -0.2) is 0 Å². The Morgan fingerprint density at radius 3 is 1.18 bits per heavy atom. The molecule has 0 N–H and O–H groups in total. The molecule has 444 valence electrons. The van der Waals surface area contributed by atoms with Crippen molar-refractivity contribution in [3.63, 3.8) is 0 Å². The second-order valence-electron chi connectivity index (χ2n) is 24.4. The molecule has 4 nitrogen and oxygen atoms in total. The van der Waals surface area contributed by atoms with Gasteiger partial charge in [-0.05, 0) is 175 Å². The first-order valence-electron chi connectivity index (χ1n) is 32.4. The van der Waals surface area contributed by atoms with Gasteiger partial charge in [0.25, 0.3) is 0 Å². The Kier molecular flexibility index (Phi) is 14.0. The molecule has 0 atom stereocenters. The molecule has 0 fully saturated rings. The highest BCUT2D eigenvalue weighted by Crippen LogP contribution is 2.62. The van der Waals surface area contributed by atoms with Gasteiger partial charge >= 0.3 is 0 Å². The van der Waals surface area contributed by atoms with Crippen LogP contribution in [0.5, 0.6) is 0 Å². The highest BCUT2D eigenvalue weighted by molar-refractivity contribution is 6.05. The number of benzene rings is 14. The van der Waals surface area contributed by atoms with Crippen LogP contribution in [0.2, 0.25) is 0 Å². The van der Waals surface area contributed by atoms with Crippen LogP contribution in [0, 0.1) is 0 Å². The number of nitrogens with zero attached hydrogens (tertiary/aromatic N) is 4. The summed E-state index contributed by atoms with van der Waals surface area (Å²) in [6, 6.07) is 116. The Morgan fingerprint density at radius 2 is 0.691 bits per heavy atom. The molecule has 0 saturated carbocycles. The van der Waals surface area contributed by atoms with E-state index in [9.17, 15) is 0 Å². The molecule has 3 aliphatic carbocycles. The zero-order valence-corrected chi connectivity index (χ0v) is 51.8. The average Bonchev–Trinajstić information content (AvgIpc) is 1.60. The number of hydrogen-bond donors (Lipinski definition) is 0. The van der Waals surface area contributed by atoms with Gasteiger partial charge in [0.05, 0.1) is 28.2 Å². The lowest BCUT2D eigenvalue weighted by molar-refractivity contribution is 0.779. The maximum Gasteiger partial charge on any atom is 0.0658 e. The van der Waals surface area contributed by atoms with Gasteiger partial charge in [-0.2, -0.15) is 0 Å². The van der Waals surface area contributed by atoms with E-state index in [1.54, 1.807) is 0 Å². The van der Waals surface area contributed by atoms with Crippen molar-refractivity contribution in [3.05, 3.63) is 404 Å².